The van der Waals surface area contributed by atoms with Gasteiger partial charge in [-0.2, -0.15) is 5.26 Å². The van der Waals surface area contributed by atoms with E-state index < -0.39 is 5.92 Å². The predicted octanol–water partition coefficient (Wildman–Crippen LogP) is 5.12. The minimum Gasteiger partial charge on any atom is -0.504 e. The average molecular weight is 557 g/mol. The largest absolute Gasteiger partial charge is 0.504 e. The SMILES string of the molecule is COc1ccc(NC(=O)CSC2=C(C#N)[C@@H](c3ccc(O)c(OC)c3)C(C(=O)Nc3ccccc3)=C(C)N2)cc1. The molecule has 0 saturated carbocycles. The molecule has 1 aliphatic heterocycles. The molecule has 0 spiro atoms. The van der Waals surface area contributed by atoms with Crippen molar-refractivity contribution in [2.75, 3.05) is 30.6 Å². The van der Waals surface area contributed by atoms with E-state index in [0.29, 0.717) is 39.0 Å². The summed E-state index contributed by atoms with van der Waals surface area (Å²) in [5.41, 5.74) is 2.92. The van der Waals surface area contributed by atoms with Crippen LogP contribution in [0.2, 0.25) is 0 Å². The van der Waals surface area contributed by atoms with Crippen LogP contribution < -0.4 is 25.4 Å². The number of methoxy groups -OCH3 is 2. The van der Waals surface area contributed by atoms with Gasteiger partial charge in [0.2, 0.25) is 5.91 Å². The van der Waals surface area contributed by atoms with E-state index in [1.807, 2.05) is 18.2 Å². The first-order chi connectivity index (χ1) is 19.3. The number of hydrogen-bond acceptors (Lipinski definition) is 8. The van der Waals surface area contributed by atoms with Gasteiger partial charge in [0.1, 0.15) is 5.75 Å². The number of allylic oxidation sites excluding steroid dienone is 2. The Bertz CT molecular complexity index is 1510. The number of phenolic OH excluding ortho intramolecular Hbond substituents is 1. The first kappa shape index (κ1) is 28.1. The van der Waals surface area contributed by atoms with Gasteiger partial charge in [-0.1, -0.05) is 36.0 Å². The summed E-state index contributed by atoms with van der Waals surface area (Å²) >= 11 is 1.16. The molecule has 0 saturated heterocycles. The number of nitrogens with one attached hydrogen (secondary N) is 3. The number of benzene rings is 3. The summed E-state index contributed by atoms with van der Waals surface area (Å²) in [5.74, 6) is -0.596. The van der Waals surface area contributed by atoms with E-state index in [2.05, 4.69) is 22.0 Å². The Morgan fingerprint density at radius 1 is 1.00 bits per heavy atom. The van der Waals surface area contributed by atoms with E-state index in [4.69, 9.17) is 9.47 Å². The van der Waals surface area contributed by atoms with E-state index in [9.17, 15) is 20.0 Å². The monoisotopic (exact) mass is 556 g/mol. The van der Waals surface area contributed by atoms with Gasteiger partial charge in [0.05, 0.1) is 42.6 Å². The van der Waals surface area contributed by atoms with E-state index >= 15 is 0 Å². The van der Waals surface area contributed by atoms with Gasteiger partial charge in [-0.3, -0.25) is 9.59 Å². The lowest BCUT2D eigenvalue weighted by atomic mass is 9.82. The Morgan fingerprint density at radius 3 is 2.35 bits per heavy atom. The third kappa shape index (κ3) is 6.39. The van der Waals surface area contributed by atoms with Crippen LogP contribution in [0.3, 0.4) is 0 Å². The highest BCUT2D eigenvalue weighted by molar-refractivity contribution is 8.03. The molecule has 0 aromatic heterocycles. The second kappa shape index (κ2) is 12.8. The Hall–Kier alpha value is -4.88. The molecule has 2 amide bonds. The maximum Gasteiger partial charge on any atom is 0.254 e. The highest BCUT2D eigenvalue weighted by Gasteiger charge is 2.35. The molecule has 3 aromatic rings. The van der Waals surface area contributed by atoms with Gasteiger partial charge in [0.25, 0.3) is 5.91 Å². The number of para-hydroxylation sites is 1. The van der Waals surface area contributed by atoms with Crippen molar-refractivity contribution in [2.45, 2.75) is 12.8 Å². The summed E-state index contributed by atoms with van der Waals surface area (Å²) in [6.07, 6.45) is 0. The molecular weight excluding hydrogens is 528 g/mol. The second-order valence-corrected chi connectivity index (χ2v) is 9.75. The number of amides is 2. The van der Waals surface area contributed by atoms with Crippen LogP contribution in [-0.2, 0) is 9.59 Å². The number of anilines is 2. The number of dihydropyridines is 1. The summed E-state index contributed by atoms with van der Waals surface area (Å²) in [6.45, 7) is 1.75. The van der Waals surface area contributed by atoms with Crippen molar-refractivity contribution in [3.63, 3.8) is 0 Å². The van der Waals surface area contributed by atoms with Crippen LogP contribution >= 0.6 is 11.8 Å². The number of rotatable bonds is 9. The van der Waals surface area contributed by atoms with Crippen molar-refractivity contribution >= 4 is 35.0 Å². The first-order valence-electron chi connectivity index (χ1n) is 12.3. The maximum atomic E-state index is 13.6. The topological polar surface area (TPSA) is 133 Å². The molecule has 4 N–H and O–H groups in total. The highest BCUT2D eigenvalue weighted by atomic mass is 32.2. The summed E-state index contributed by atoms with van der Waals surface area (Å²) in [6, 6.07) is 22.9. The number of ether oxygens (including phenoxy) is 2. The summed E-state index contributed by atoms with van der Waals surface area (Å²) in [4.78, 5) is 26.3. The molecule has 0 unspecified atom stereocenters. The van der Waals surface area contributed by atoms with Crippen LogP contribution in [0.5, 0.6) is 17.2 Å². The number of hydrogen-bond donors (Lipinski definition) is 4. The molecule has 0 bridgehead atoms. The van der Waals surface area contributed by atoms with Crippen molar-refractivity contribution in [1.82, 2.24) is 5.32 Å². The van der Waals surface area contributed by atoms with E-state index in [1.165, 1.54) is 13.2 Å². The van der Waals surface area contributed by atoms with Gasteiger partial charge in [0, 0.05) is 22.6 Å². The third-order valence-corrected chi connectivity index (χ3v) is 7.20. The number of nitriles is 1. The van der Waals surface area contributed by atoms with Crippen molar-refractivity contribution < 1.29 is 24.2 Å². The number of nitrogens with zero attached hydrogens (tertiary/aromatic N) is 1. The van der Waals surface area contributed by atoms with Crippen LogP contribution in [0.1, 0.15) is 18.4 Å². The van der Waals surface area contributed by atoms with Crippen molar-refractivity contribution in [3.05, 3.63) is 100 Å². The van der Waals surface area contributed by atoms with Gasteiger partial charge in [-0.15, -0.1) is 0 Å². The van der Waals surface area contributed by atoms with E-state index in [1.54, 1.807) is 62.6 Å². The lowest BCUT2D eigenvalue weighted by Crippen LogP contribution is -2.31. The van der Waals surface area contributed by atoms with Crippen molar-refractivity contribution in [2.24, 2.45) is 0 Å². The fourth-order valence-corrected chi connectivity index (χ4v) is 5.16. The zero-order valence-corrected chi connectivity index (χ0v) is 23.0. The Balaban J connectivity index is 1.64. The Morgan fingerprint density at radius 2 is 1.70 bits per heavy atom. The maximum absolute atomic E-state index is 13.6. The predicted molar refractivity (Wildman–Crippen MR) is 155 cm³/mol. The lowest BCUT2D eigenvalue weighted by Gasteiger charge is -2.30. The fraction of sp³-hybridized carbons (Fsp3) is 0.167. The summed E-state index contributed by atoms with van der Waals surface area (Å²) in [5, 5.41) is 29.8. The Kier molecular flexibility index (Phi) is 8.99. The van der Waals surface area contributed by atoms with E-state index in [-0.39, 0.29) is 34.6 Å². The molecule has 4 rings (SSSR count). The van der Waals surface area contributed by atoms with Gasteiger partial charge in [-0.05, 0) is 61.0 Å². The molecule has 1 heterocycles. The molecule has 40 heavy (non-hydrogen) atoms. The van der Waals surface area contributed by atoms with Crippen molar-refractivity contribution in [3.8, 4) is 23.3 Å². The van der Waals surface area contributed by atoms with Crippen LogP contribution in [0.4, 0.5) is 11.4 Å². The van der Waals surface area contributed by atoms with Crippen molar-refractivity contribution in [1.29, 1.82) is 5.26 Å². The zero-order chi connectivity index (χ0) is 28.6. The third-order valence-electron chi connectivity index (χ3n) is 6.18. The number of phenols is 1. The zero-order valence-electron chi connectivity index (χ0n) is 22.1. The summed E-state index contributed by atoms with van der Waals surface area (Å²) in [7, 11) is 2.99. The molecule has 1 aliphatic rings. The average Bonchev–Trinajstić information content (AvgIpc) is 2.96. The molecule has 204 valence electrons. The van der Waals surface area contributed by atoms with Crippen LogP contribution in [0, 0.1) is 11.3 Å². The molecule has 0 radical (unpaired) electrons. The van der Waals surface area contributed by atoms with Crippen LogP contribution in [0.15, 0.2) is 94.7 Å². The normalized spacial score (nSPS) is 14.6. The minimum atomic E-state index is -0.781. The van der Waals surface area contributed by atoms with E-state index in [0.717, 1.165) is 11.8 Å². The first-order valence-corrected chi connectivity index (χ1v) is 13.2. The Labute approximate surface area is 236 Å². The molecule has 10 heteroatoms. The second-order valence-electron chi connectivity index (χ2n) is 8.77. The molecular formula is C30H28N4O5S. The number of carbonyl (C=O) groups excluding carboxylic acids is 2. The van der Waals surface area contributed by atoms with Crippen LogP contribution in [-0.4, -0.2) is 36.9 Å². The molecule has 3 aromatic carbocycles. The number of aromatic hydroxyl groups is 1. The number of carbonyl (C=O) groups is 2. The molecule has 0 aliphatic carbocycles. The molecule has 9 nitrogen and oxygen atoms in total. The van der Waals surface area contributed by atoms with Gasteiger partial charge < -0.3 is 30.5 Å². The fourth-order valence-electron chi connectivity index (χ4n) is 4.26. The number of thioether (sulfide) groups is 1. The summed E-state index contributed by atoms with van der Waals surface area (Å²) < 4.78 is 10.4. The highest BCUT2D eigenvalue weighted by Crippen LogP contribution is 2.43. The van der Waals surface area contributed by atoms with Gasteiger partial charge in [0.15, 0.2) is 11.5 Å². The van der Waals surface area contributed by atoms with Gasteiger partial charge >= 0.3 is 0 Å². The lowest BCUT2D eigenvalue weighted by molar-refractivity contribution is -0.114. The molecule has 0 fully saturated rings. The standard InChI is InChI=1S/C30H28N4O5S/c1-18-27(29(37)34-20-7-5-4-6-8-20)28(19-9-14-24(35)25(15-19)39-3)23(16-31)30(32-18)40-17-26(36)33-21-10-12-22(38-2)13-11-21/h4-15,28,32,35H,17H2,1-3H3,(H,33,36)(H,34,37)/t28-/m1/s1. The smallest absolute Gasteiger partial charge is 0.254 e. The quantitative estimate of drug-likeness (QED) is 0.286. The molecule has 1 atom stereocenters. The minimum absolute atomic E-state index is 0.0178. The van der Waals surface area contributed by atoms with Crippen LogP contribution in [0.25, 0.3) is 0 Å². The van der Waals surface area contributed by atoms with Gasteiger partial charge in [-0.25, -0.2) is 0 Å².